The lowest BCUT2D eigenvalue weighted by Gasteiger charge is -2.42. The van der Waals surface area contributed by atoms with Gasteiger partial charge in [-0.1, -0.05) is 78.9 Å². The highest BCUT2D eigenvalue weighted by molar-refractivity contribution is 6.22. The van der Waals surface area contributed by atoms with Crippen molar-refractivity contribution in [3.05, 3.63) is 142 Å². The summed E-state index contributed by atoms with van der Waals surface area (Å²) in [7, 11) is 0. The first-order valence-corrected chi connectivity index (χ1v) is 13.6. The first-order chi connectivity index (χ1) is 19.5. The minimum Gasteiger partial charge on any atom is -0.329 e. The molecule has 2 atom stereocenters. The SMILES string of the molecule is O=C1c2ccccc2C(=O)N1CC(=O)N(Cc1ccc(F)cc1)C1c2ccccc2CCC1Cc1ccccc1. The number of benzene rings is 4. The van der Waals surface area contributed by atoms with E-state index in [2.05, 4.69) is 24.3 Å². The van der Waals surface area contributed by atoms with Crippen LogP contribution in [-0.4, -0.2) is 34.1 Å². The van der Waals surface area contributed by atoms with Crippen molar-refractivity contribution in [3.8, 4) is 0 Å². The minimum atomic E-state index is -0.458. The molecule has 4 aromatic carbocycles. The fourth-order valence-electron chi connectivity index (χ4n) is 6.09. The van der Waals surface area contributed by atoms with Gasteiger partial charge in [0.15, 0.2) is 0 Å². The molecule has 0 radical (unpaired) electrons. The summed E-state index contributed by atoms with van der Waals surface area (Å²) in [6, 6.07) is 30.9. The van der Waals surface area contributed by atoms with E-state index < -0.39 is 11.8 Å². The molecular formula is C34H29FN2O3. The zero-order valence-corrected chi connectivity index (χ0v) is 22.0. The van der Waals surface area contributed by atoms with Gasteiger partial charge in [0.1, 0.15) is 12.4 Å². The third kappa shape index (κ3) is 4.93. The van der Waals surface area contributed by atoms with Gasteiger partial charge in [-0.2, -0.15) is 0 Å². The van der Waals surface area contributed by atoms with E-state index in [1.54, 1.807) is 41.3 Å². The number of aryl methyl sites for hydroxylation is 1. The molecule has 0 fully saturated rings. The number of rotatable bonds is 7. The quantitative estimate of drug-likeness (QED) is 0.275. The fraction of sp³-hybridized carbons (Fsp3) is 0.206. The van der Waals surface area contributed by atoms with Crippen LogP contribution in [0.3, 0.4) is 0 Å². The molecule has 4 aromatic rings. The van der Waals surface area contributed by atoms with Gasteiger partial charge in [0.25, 0.3) is 11.8 Å². The Kier molecular flexibility index (Phi) is 6.99. The summed E-state index contributed by atoms with van der Waals surface area (Å²) in [6.07, 6.45) is 2.57. The standard InChI is InChI=1S/C34H29FN2O3/c35-27-18-14-24(15-19-27)21-36(31(38)22-37-33(39)29-12-6-7-13-30(29)34(37)40)32-26(20-23-8-2-1-3-9-23)17-16-25-10-4-5-11-28(25)32/h1-15,18-19,26,32H,16-17,20-22H2. The second-order valence-corrected chi connectivity index (χ2v) is 10.5. The molecule has 1 aliphatic carbocycles. The van der Waals surface area contributed by atoms with E-state index in [0.717, 1.165) is 35.3 Å². The maximum Gasteiger partial charge on any atom is 0.262 e. The Morgan fingerprint density at radius 1 is 0.775 bits per heavy atom. The number of fused-ring (bicyclic) bond motifs is 2. The van der Waals surface area contributed by atoms with Crippen LogP contribution >= 0.6 is 0 Å². The van der Waals surface area contributed by atoms with Gasteiger partial charge in [-0.15, -0.1) is 0 Å². The third-order valence-corrected chi connectivity index (χ3v) is 8.04. The van der Waals surface area contributed by atoms with E-state index in [4.69, 9.17) is 0 Å². The Balaban J connectivity index is 1.38. The van der Waals surface area contributed by atoms with Crippen molar-refractivity contribution < 1.29 is 18.8 Å². The molecule has 0 saturated carbocycles. The first kappa shape index (κ1) is 25.7. The van der Waals surface area contributed by atoms with Crippen LogP contribution in [0.25, 0.3) is 0 Å². The predicted octanol–water partition coefficient (Wildman–Crippen LogP) is 6.00. The van der Waals surface area contributed by atoms with Crippen LogP contribution in [0.1, 0.15) is 55.4 Å². The maximum atomic E-state index is 14.2. The van der Waals surface area contributed by atoms with Gasteiger partial charge in [0, 0.05) is 6.54 Å². The molecule has 3 amide bonds. The Bertz CT molecular complexity index is 1530. The molecule has 0 spiro atoms. The molecule has 40 heavy (non-hydrogen) atoms. The van der Waals surface area contributed by atoms with Crippen molar-refractivity contribution in [1.29, 1.82) is 0 Å². The summed E-state index contributed by atoms with van der Waals surface area (Å²) in [4.78, 5) is 43.3. The summed E-state index contributed by atoms with van der Waals surface area (Å²) in [5.41, 5.74) is 4.86. The Hall–Kier alpha value is -4.58. The van der Waals surface area contributed by atoms with Crippen LogP contribution in [-0.2, 0) is 24.2 Å². The van der Waals surface area contributed by atoms with Gasteiger partial charge in [-0.05, 0) is 71.7 Å². The van der Waals surface area contributed by atoms with Crippen LogP contribution in [0.4, 0.5) is 4.39 Å². The summed E-state index contributed by atoms with van der Waals surface area (Å²) >= 11 is 0. The molecule has 1 aliphatic heterocycles. The average Bonchev–Trinajstić information content (AvgIpc) is 3.22. The van der Waals surface area contributed by atoms with E-state index in [1.807, 2.05) is 30.3 Å². The van der Waals surface area contributed by atoms with E-state index in [-0.39, 0.29) is 36.8 Å². The molecule has 0 bridgehead atoms. The maximum absolute atomic E-state index is 14.2. The Labute approximate surface area is 232 Å². The lowest BCUT2D eigenvalue weighted by Crippen LogP contribution is -2.46. The zero-order valence-electron chi connectivity index (χ0n) is 22.0. The van der Waals surface area contributed by atoms with Crippen molar-refractivity contribution in [2.75, 3.05) is 6.54 Å². The topological polar surface area (TPSA) is 57.7 Å². The fourth-order valence-corrected chi connectivity index (χ4v) is 6.09. The van der Waals surface area contributed by atoms with Gasteiger partial charge >= 0.3 is 0 Å². The number of imide groups is 1. The molecule has 0 N–H and O–H groups in total. The summed E-state index contributed by atoms with van der Waals surface area (Å²) < 4.78 is 13.8. The highest BCUT2D eigenvalue weighted by Gasteiger charge is 2.40. The van der Waals surface area contributed by atoms with Crippen LogP contribution < -0.4 is 0 Å². The van der Waals surface area contributed by atoms with Gasteiger partial charge in [-0.25, -0.2) is 4.39 Å². The minimum absolute atomic E-state index is 0.115. The van der Waals surface area contributed by atoms with Crippen molar-refractivity contribution in [2.45, 2.75) is 31.8 Å². The number of hydrogen-bond acceptors (Lipinski definition) is 3. The number of amides is 3. The van der Waals surface area contributed by atoms with Crippen LogP contribution in [0.5, 0.6) is 0 Å². The van der Waals surface area contributed by atoms with Gasteiger partial charge in [-0.3, -0.25) is 19.3 Å². The highest BCUT2D eigenvalue weighted by Crippen LogP contribution is 2.41. The predicted molar refractivity (Wildman–Crippen MR) is 150 cm³/mol. The molecule has 200 valence electrons. The van der Waals surface area contributed by atoms with E-state index >= 15 is 0 Å². The smallest absolute Gasteiger partial charge is 0.262 e. The van der Waals surface area contributed by atoms with Gasteiger partial charge < -0.3 is 4.90 Å². The third-order valence-electron chi connectivity index (χ3n) is 8.04. The summed E-state index contributed by atoms with van der Waals surface area (Å²) in [5, 5.41) is 0. The number of carbonyl (C=O) groups is 3. The number of nitrogens with zero attached hydrogens (tertiary/aromatic N) is 2. The second-order valence-electron chi connectivity index (χ2n) is 10.5. The lowest BCUT2D eigenvalue weighted by molar-refractivity contribution is -0.136. The lowest BCUT2D eigenvalue weighted by atomic mass is 9.76. The molecule has 6 heteroatoms. The average molecular weight is 533 g/mol. The monoisotopic (exact) mass is 532 g/mol. The molecule has 2 unspecified atom stereocenters. The summed E-state index contributed by atoms with van der Waals surface area (Å²) in [6.45, 7) is -0.128. The van der Waals surface area contributed by atoms with Crippen molar-refractivity contribution in [1.82, 2.24) is 9.80 Å². The highest BCUT2D eigenvalue weighted by atomic mass is 19.1. The number of halogens is 1. The molecule has 0 aromatic heterocycles. The Morgan fingerprint density at radius 2 is 1.40 bits per heavy atom. The number of hydrogen-bond donors (Lipinski definition) is 0. The molecular weight excluding hydrogens is 503 g/mol. The van der Waals surface area contributed by atoms with Gasteiger partial charge in [0.05, 0.1) is 17.2 Å². The summed E-state index contributed by atoms with van der Waals surface area (Å²) in [5.74, 6) is -1.47. The van der Waals surface area contributed by atoms with Crippen LogP contribution in [0.15, 0.2) is 103 Å². The molecule has 5 nitrogen and oxygen atoms in total. The Morgan fingerprint density at radius 3 is 2.10 bits per heavy atom. The van der Waals surface area contributed by atoms with Crippen LogP contribution in [0, 0.1) is 11.7 Å². The van der Waals surface area contributed by atoms with E-state index in [0.29, 0.717) is 11.1 Å². The molecule has 1 heterocycles. The normalized spacial score (nSPS) is 17.9. The van der Waals surface area contributed by atoms with Crippen LogP contribution in [0.2, 0.25) is 0 Å². The van der Waals surface area contributed by atoms with Gasteiger partial charge in [0.2, 0.25) is 5.91 Å². The van der Waals surface area contributed by atoms with Crippen molar-refractivity contribution in [2.24, 2.45) is 5.92 Å². The van der Waals surface area contributed by atoms with Crippen molar-refractivity contribution >= 4 is 17.7 Å². The second kappa shape index (κ2) is 10.9. The largest absolute Gasteiger partial charge is 0.329 e. The van der Waals surface area contributed by atoms with E-state index in [9.17, 15) is 18.8 Å². The zero-order chi connectivity index (χ0) is 27.6. The van der Waals surface area contributed by atoms with Crippen molar-refractivity contribution in [3.63, 3.8) is 0 Å². The van der Waals surface area contributed by atoms with E-state index in [1.165, 1.54) is 23.3 Å². The first-order valence-electron chi connectivity index (χ1n) is 13.6. The molecule has 2 aliphatic rings. The molecule has 0 saturated heterocycles. The number of carbonyl (C=O) groups excluding carboxylic acids is 3. The molecule has 6 rings (SSSR count).